The van der Waals surface area contributed by atoms with Crippen LogP contribution in [0.25, 0.3) is 0 Å². The molecular weight excluding hydrogens is 326 g/mol. The van der Waals surface area contributed by atoms with Gasteiger partial charge in [-0.05, 0) is 36.4 Å². The Morgan fingerprint density at radius 2 is 1.82 bits per heavy atom. The smallest absolute Gasteiger partial charge is 0.255 e. The molecule has 0 saturated carbocycles. The Hall–Kier alpha value is -1.96. The van der Waals surface area contributed by atoms with E-state index in [-0.39, 0.29) is 16.0 Å². The van der Waals surface area contributed by atoms with Gasteiger partial charge in [-0.1, -0.05) is 11.6 Å². The highest BCUT2D eigenvalue weighted by atomic mass is 35.5. The van der Waals surface area contributed by atoms with Crippen molar-refractivity contribution in [3.8, 4) is 0 Å². The van der Waals surface area contributed by atoms with Gasteiger partial charge in [-0.3, -0.25) is 4.79 Å². The van der Waals surface area contributed by atoms with E-state index >= 15 is 0 Å². The van der Waals surface area contributed by atoms with Gasteiger partial charge in [-0.25, -0.2) is 17.7 Å². The van der Waals surface area contributed by atoms with Crippen LogP contribution in [0.1, 0.15) is 10.4 Å². The van der Waals surface area contributed by atoms with Crippen LogP contribution in [0.4, 0.5) is 5.69 Å². The number of benzene rings is 1. The number of nitrogens with one attached hydrogen (secondary N) is 1. The van der Waals surface area contributed by atoms with Gasteiger partial charge in [-0.15, -0.1) is 0 Å². The Kier molecular flexibility index (Phi) is 4.80. The molecule has 116 valence electrons. The van der Waals surface area contributed by atoms with Crippen LogP contribution in [0.2, 0.25) is 5.15 Å². The molecule has 0 saturated heterocycles. The number of sulfonamides is 1. The number of amides is 1. The van der Waals surface area contributed by atoms with Crippen LogP contribution in [-0.4, -0.2) is 37.7 Å². The average molecular weight is 340 g/mol. The predicted octanol–water partition coefficient (Wildman–Crippen LogP) is 2.24. The molecule has 1 heterocycles. The summed E-state index contributed by atoms with van der Waals surface area (Å²) in [6.07, 6.45) is 1.43. The molecule has 1 aromatic heterocycles. The Balaban J connectivity index is 2.17. The standard InChI is InChI=1S/C14H14ClN3O3S/c1-18(2)22(20,21)12-5-3-11(4-6-12)17-14(19)10-7-8-16-13(15)9-10/h3-9H,1-2H3,(H,17,19). The minimum atomic E-state index is -3.48. The molecule has 22 heavy (non-hydrogen) atoms. The van der Waals surface area contributed by atoms with E-state index in [1.165, 1.54) is 56.7 Å². The number of pyridine rings is 1. The summed E-state index contributed by atoms with van der Waals surface area (Å²) in [5.41, 5.74) is 0.848. The number of rotatable bonds is 4. The summed E-state index contributed by atoms with van der Waals surface area (Å²) in [4.78, 5) is 16.0. The third-order valence-electron chi connectivity index (χ3n) is 2.88. The molecule has 2 aromatic rings. The van der Waals surface area contributed by atoms with Crippen molar-refractivity contribution in [2.24, 2.45) is 0 Å². The van der Waals surface area contributed by atoms with Crippen molar-refractivity contribution in [2.75, 3.05) is 19.4 Å². The topological polar surface area (TPSA) is 79.4 Å². The molecule has 0 unspecified atom stereocenters. The van der Waals surface area contributed by atoms with Gasteiger partial charge >= 0.3 is 0 Å². The number of anilines is 1. The molecule has 0 aliphatic carbocycles. The predicted molar refractivity (Wildman–Crippen MR) is 84.5 cm³/mol. The van der Waals surface area contributed by atoms with E-state index in [2.05, 4.69) is 10.3 Å². The van der Waals surface area contributed by atoms with E-state index in [0.717, 1.165) is 4.31 Å². The molecule has 0 spiro atoms. The maximum absolute atomic E-state index is 12.0. The fourth-order valence-corrected chi connectivity index (χ4v) is 2.74. The van der Waals surface area contributed by atoms with Crippen LogP contribution in [0.3, 0.4) is 0 Å². The highest BCUT2D eigenvalue weighted by Gasteiger charge is 2.16. The molecule has 1 N–H and O–H groups in total. The molecule has 1 amide bonds. The quantitative estimate of drug-likeness (QED) is 0.866. The lowest BCUT2D eigenvalue weighted by Gasteiger charge is -2.12. The summed E-state index contributed by atoms with van der Waals surface area (Å²) in [5, 5.41) is 2.88. The van der Waals surface area contributed by atoms with Crippen molar-refractivity contribution in [2.45, 2.75) is 4.90 Å². The van der Waals surface area contributed by atoms with Gasteiger partial charge in [0.05, 0.1) is 4.90 Å². The number of hydrogen-bond acceptors (Lipinski definition) is 4. The number of hydrogen-bond donors (Lipinski definition) is 1. The molecular formula is C14H14ClN3O3S. The lowest BCUT2D eigenvalue weighted by molar-refractivity contribution is 0.102. The second kappa shape index (κ2) is 6.43. The van der Waals surface area contributed by atoms with Crippen LogP contribution >= 0.6 is 11.6 Å². The fourth-order valence-electron chi connectivity index (χ4n) is 1.67. The normalized spacial score (nSPS) is 11.5. The molecule has 0 aliphatic rings. The van der Waals surface area contributed by atoms with Gasteiger partial charge in [-0.2, -0.15) is 0 Å². The highest BCUT2D eigenvalue weighted by Crippen LogP contribution is 2.17. The van der Waals surface area contributed by atoms with E-state index in [0.29, 0.717) is 11.3 Å². The zero-order valence-electron chi connectivity index (χ0n) is 11.9. The minimum absolute atomic E-state index is 0.155. The van der Waals surface area contributed by atoms with Crippen LogP contribution in [0.15, 0.2) is 47.5 Å². The summed E-state index contributed by atoms with van der Waals surface area (Å²) in [6, 6.07) is 8.90. The second-order valence-corrected chi connectivity index (χ2v) is 7.17. The van der Waals surface area contributed by atoms with Crippen LogP contribution in [-0.2, 0) is 10.0 Å². The van der Waals surface area contributed by atoms with Gasteiger partial charge in [0.2, 0.25) is 10.0 Å². The molecule has 1 aromatic carbocycles. The van der Waals surface area contributed by atoms with Gasteiger partial charge in [0, 0.05) is 31.5 Å². The molecule has 6 nitrogen and oxygen atoms in total. The first-order valence-corrected chi connectivity index (χ1v) is 8.08. The van der Waals surface area contributed by atoms with Gasteiger partial charge in [0.1, 0.15) is 5.15 Å². The third kappa shape index (κ3) is 3.62. The fraction of sp³-hybridized carbons (Fsp3) is 0.143. The first kappa shape index (κ1) is 16.4. The first-order valence-electron chi connectivity index (χ1n) is 6.26. The number of nitrogens with zero attached hydrogens (tertiary/aromatic N) is 2. The highest BCUT2D eigenvalue weighted by molar-refractivity contribution is 7.89. The number of carbonyl (C=O) groups is 1. The van der Waals surface area contributed by atoms with Crippen molar-refractivity contribution in [3.05, 3.63) is 53.3 Å². The second-order valence-electron chi connectivity index (χ2n) is 4.63. The van der Waals surface area contributed by atoms with E-state index in [9.17, 15) is 13.2 Å². The minimum Gasteiger partial charge on any atom is -0.322 e. The molecule has 0 bridgehead atoms. The molecule has 0 fully saturated rings. The summed E-state index contributed by atoms with van der Waals surface area (Å²) in [7, 11) is -0.572. The molecule has 0 radical (unpaired) electrons. The Morgan fingerprint density at radius 1 is 1.18 bits per heavy atom. The van der Waals surface area contributed by atoms with Gasteiger partial charge < -0.3 is 5.32 Å². The van der Waals surface area contributed by atoms with E-state index in [1.54, 1.807) is 0 Å². The third-order valence-corrected chi connectivity index (χ3v) is 4.92. The summed E-state index contributed by atoms with van der Waals surface area (Å²) >= 11 is 5.73. The Morgan fingerprint density at radius 3 is 2.36 bits per heavy atom. The zero-order chi connectivity index (χ0) is 16.3. The largest absolute Gasteiger partial charge is 0.322 e. The van der Waals surface area contributed by atoms with Crippen molar-refractivity contribution in [1.29, 1.82) is 0 Å². The Bertz CT molecular complexity index is 789. The number of halogens is 1. The van der Waals surface area contributed by atoms with Crippen LogP contribution in [0.5, 0.6) is 0 Å². The van der Waals surface area contributed by atoms with Gasteiger partial charge in [0.25, 0.3) is 5.91 Å². The Labute approximate surface area is 133 Å². The van der Waals surface area contributed by atoms with Crippen molar-refractivity contribution >= 4 is 33.2 Å². The maximum Gasteiger partial charge on any atom is 0.255 e. The monoisotopic (exact) mass is 339 g/mol. The molecule has 0 atom stereocenters. The average Bonchev–Trinajstić information content (AvgIpc) is 2.47. The van der Waals surface area contributed by atoms with Gasteiger partial charge in [0.15, 0.2) is 0 Å². The van der Waals surface area contributed by atoms with Crippen molar-refractivity contribution < 1.29 is 13.2 Å². The van der Waals surface area contributed by atoms with E-state index < -0.39 is 10.0 Å². The first-order chi connectivity index (χ1) is 10.3. The van der Waals surface area contributed by atoms with E-state index in [1.807, 2.05) is 0 Å². The lowest BCUT2D eigenvalue weighted by Crippen LogP contribution is -2.22. The number of aromatic nitrogens is 1. The lowest BCUT2D eigenvalue weighted by atomic mass is 10.2. The molecule has 8 heteroatoms. The SMILES string of the molecule is CN(C)S(=O)(=O)c1ccc(NC(=O)c2ccnc(Cl)c2)cc1. The summed E-state index contributed by atoms with van der Waals surface area (Å²) in [6.45, 7) is 0. The van der Waals surface area contributed by atoms with Crippen molar-refractivity contribution in [3.63, 3.8) is 0 Å². The summed E-state index contributed by atoms with van der Waals surface area (Å²) < 4.78 is 25.0. The van der Waals surface area contributed by atoms with Crippen LogP contribution < -0.4 is 5.32 Å². The number of carbonyl (C=O) groups excluding carboxylic acids is 1. The summed E-state index contributed by atoms with van der Waals surface area (Å²) in [5.74, 6) is -0.354. The molecule has 0 aliphatic heterocycles. The van der Waals surface area contributed by atoms with Crippen LogP contribution in [0, 0.1) is 0 Å². The maximum atomic E-state index is 12.0. The van der Waals surface area contributed by atoms with E-state index in [4.69, 9.17) is 11.6 Å². The van der Waals surface area contributed by atoms with Crippen molar-refractivity contribution in [1.82, 2.24) is 9.29 Å². The zero-order valence-corrected chi connectivity index (χ0v) is 13.5. The molecule has 2 rings (SSSR count).